The highest BCUT2D eigenvalue weighted by Gasteiger charge is 2.60. The maximum absolute atomic E-state index is 11.9. The fourth-order valence-electron chi connectivity index (χ4n) is 2.96. The number of ether oxygens (including phenoxy) is 1. The fourth-order valence-corrected chi connectivity index (χ4v) is 2.96. The molecule has 1 amide bonds. The van der Waals surface area contributed by atoms with Crippen molar-refractivity contribution in [2.45, 2.75) is 63.6 Å². The standard InChI is InChI=1S/C12H22N2O2/c1-10(2,3)16-9(15)14-6-5-12(14)7-11(4,13)8-12/h5-8,13H2,1-4H3. The van der Waals surface area contributed by atoms with Crippen LogP contribution in [0.25, 0.3) is 0 Å². The molecule has 16 heavy (non-hydrogen) atoms. The first-order chi connectivity index (χ1) is 7.14. The summed E-state index contributed by atoms with van der Waals surface area (Å²) in [7, 11) is 0. The van der Waals surface area contributed by atoms with Gasteiger partial charge in [-0.05, 0) is 47.0 Å². The van der Waals surface area contributed by atoms with E-state index < -0.39 is 5.60 Å². The van der Waals surface area contributed by atoms with Crippen LogP contribution in [0, 0.1) is 0 Å². The number of carbonyl (C=O) groups excluding carboxylic acids is 1. The Balaban J connectivity index is 1.95. The Kier molecular flexibility index (Phi) is 2.29. The van der Waals surface area contributed by atoms with Gasteiger partial charge in [-0.1, -0.05) is 0 Å². The maximum atomic E-state index is 11.9. The highest BCUT2D eigenvalue weighted by molar-refractivity contribution is 5.71. The summed E-state index contributed by atoms with van der Waals surface area (Å²) in [5.74, 6) is 0. The highest BCUT2D eigenvalue weighted by Crippen LogP contribution is 2.51. The summed E-state index contributed by atoms with van der Waals surface area (Å²) >= 11 is 0. The Morgan fingerprint density at radius 3 is 2.25 bits per heavy atom. The Hall–Kier alpha value is -0.770. The molecule has 92 valence electrons. The number of hydrogen-bond acceptors (Lipinski definition) is 3. The first-order valence-corrected chi connectivity index (χ1v) is 5.93. The van der Waals surface area contributed by atoms with Crippen molar-refractivity contribution in [3.63, 3.8) is 0 Å². The molecule has 0 aromatic heterocycles. The molecule has 2 fully saturated rings. The van der Waals surface area contributed by atoms with Gasteiger partial charge in [0.25, 0.3) is 0 Å². The predicted octanol–water partition coefficient (Wildman–Crippen LogP) is 1.88. The number of nitrogens with two attached hydrogens (primary N) is 1. The van der Waals surface area contributed by atoms with Gasteiger partial charge in [0.1, 0.15) is 5.60 Å². The number of likely N-dealkylation sites (tertiary alicyclic amines) is 1. The summed E-state index contributed by atoms with van der Waals surface area (Å²) in [6, 6.07) is 0. The summed E-state index contributed by atoms with van der Waals surface area (Å²) < 4.78 is 5.39. The first kappa shape index (κ1) is 11.7. The lowest BCUT2D eigenvalue weighted by Crippen LogP contribution is -2.75. The van der Waals surface area contributed by atoms with Gasteiger partial charge in [-0.15, -0.1) is 0 Å². The molecule has 1 heterocycles. The van der Waals surface area contributed by atoms with Crippen LogP contribution in [0.1, 0.15) is 47.0 Å². The van der Waals surface area contributed by atoms with Gasteiger partial charge in [-0.3, -0.25) is 0 Å². The van der Waals surface area contributed by atoms with E-state index in [0.717, 1.165) is 25.8 Å². The smallest absolute Gasteiger partial charge is 0.410 e. The molecule has 2 aliphatic rings. The SMILES string of the molecule is CC1(N)CC2(CCN2C(=O)OC(C)(C)C)C1. The molecule has 0 atom stereocenters. The van der Waals surface area contributed by atoms with Crippen molar-refractivity contribution in [1.29, 1.82) is 0 Å². The Morgan fingerprint density at radius 2 is 1.94 bits per heavy atom. The molecule has 1 saturated carbocycles. The minimum atomic E-state index is -0.413. The molecule has 2 N–H and O–H groups in total. The van der Waals surface area contributed by atoms with Crippen molar-refractivity contribution < 1.29 is 9.53 Å². The third-order valence-electron chi connectivity index (χ3n) is 3.45. The lowest BCUT2D eigenvalue weighted by Gasteiger charge is -2.64. The quantitative estimate of drug-likeness (QED) is 0.686. The zero-order chi connectivity index (χ0) is 12.2. The van der Waals surface area contributed by atoms with Gasteiger partial charge in [0.05, 0.1) is 5.54 Å². The van der Waals surface area contributed by atoms with Gasteiger partial charge in [-0.2, -0.15) is 0 Å². The van der Waals surface area contributed by atoms with Crippen molar-refractivity contribution >= 4 is 6.09 Å². The van der Waals surface area contributed by atoms with Crippen molar-refractivity contribution in [2.75, 3.05) is 6.54 Å². The van der Waals surface area contributed by atoms with Crippen LogP contribution in [0.5, 0.6) is 0 Å². The van der Waals surface area contributed by atoms with E-state index in [0.29, 0.717) is 0 Å². The van der Waals surface area contributed by atoms with Gasteiger partial charge >= 0.3 is 6.09 Å². The monoisotopic (exact) mass is 226 g/mol. The van der Waals surface area contributed by atoms with Crippen LogP contribution >= 0.6 is 0 Å². The molecule has 0 unspecified atom stereocenters. The number of carbonyl (C=O) groups is 1. The molecular formula is C12H22N2O2. The van der Waals surface area contributed by atoms with Gasteiger partial charge in [-0.25, -0.2) is 4.79 Å². The molecule has 4 nitrogen and oxygen atoms in total. The van der Waals surface area contributed by atoms with Crippen LogP contribution in [0.3, 0.4) is 0 Å². The van der Waals surface area contributed by atoms with Crippen molar-refractivity contribution in [1.82, 2.24) is 4.90 Å². The predicted molar refractivity (Wildman–Crippen MR) is 62.1 cm³/mol. The molecule has 0 bridgehead atoms. The summed E-state index contributed by atoms with van der Waals surface area (Å²) in [6.45, 7) is 8.54. The van der Waals surface area contributed by atoms with Gasteiger partial charge in [0.2, 0.25) is 0 Å². The maximum Gasteiger partial charge on any atom is 0.410 e. The zero-order valence-electron chi connectivity index (χ0n) is 10.7. The number of amides is 1. The van der Waals surface area contributed by atoms with E-state index in [9.17, 15) is 4.79 Å². The fraction of sp³-hybridized carbons (Fsp3) is 0.917. The lowest BCUT2D eigenvalue weighted by atomic mass is 9.58. The second-order valence-electron chi connectivity index (χ2n) is 6.61. The number of hydrogen-bond donors (Lipinski definition) is 1. The van der Waals surface area contributed by atoms with Crippen LogP contribution in [-0.2, 0) is 4.74 Å². The molecule has 0 aromatic rings. The Morgan fingerprint density at radius 1 is 1.38 bits per heavy atom. The Labute approximate surface area is 97.1 Å². The van der Waals surface area contributed by atoms with Crippen molar-refractivity contribution in [3.8, 4) is 0 Å². The molecule has 0 aromatic carbocycles. The summed E-state index contributed by atoms with van der Waals surface area (Å²) in [5, 5.41) is 0. The van der Waals surface area contributed by atoms with E-state index in [4.69, 9.17) is 10.5 Å². The lowest BCUT2D eigenvalue weighted by molar-refractivity contribution is -0.107. The topological polar surface area (TPSA) is 55.6 Å². The average Bonchev–Trinajstić information content (AvgIpc) is 1.92. The third-order valence-corrected chi connectivity index (χ3v) is 3.45. The molecular weight excluding hydrogens is 204 g/mol. The first-order valence-electron chi connectivity index (χ1n) is 5.93. The summed E-state index contributed by atoms with van der Waals surface area (Å²) in [5.41, 5.74) is 5.53. The van der Waals surface area contributed by atoms with Crippen LogP contribution in [0.15, 0.2) is 0 Å². The van der Waals surface area contributed by atoms with Crippen LogP contribution in [-0.4, -0.2) is 34.2 Å². The summed E-state index contributed by atoms with van der Waals surface area (Å²) in [4.78, 5) is 13.8. The normalized spacial score (nSPS) is 37.9. The minimum Gasteiger partial charge on any atom is -0.444 e. The Bertz CT molecular complexity index is 309. The highest BCUT2D eigenvalue weighted by atomic mass is 16.6. The third kappa shape index (κ3) is 1.90. The van der Waals surface area contributed by atoms with E-state index in [1.807, 2.05) is 32.6 Å². The molecule has 2 rings (SSSR count). The van der Waals surface area contributed by atoms with Gasteiger partial charge in [0.15, 0.2) is 0 Å². The molecule has 1 spiro atoms. The summed E-state index contributed by atoms with van der Waals surface area (Å²) in [6.07, 6.45) is 2.69. The van der Waals surface area contributed by atoms with Crippen LogP contribution in [0.2, 0.25) is 0 Å². The molecule has 0 radical (unpaired) electrons. The second-order valence-corrected chi connectivity index (χ2v) is 6.61. The van der Waals surface area contributed by atoms with E-state index in [1.54, 1.807) is 0 Å². The van der Waals surface area contributed by atoms with Crippen molar-refractivity contribution in [3.05, 3.63) is 0 Å². The number of nitrogens with zero attached hydrogens (tertiary/aromatic N) is 1. The van der Waals surface area contributed by atoms with E-state index in [2.05, 4.69) is 0 Å². The largest absolute Gasteiger partial charge is 0.444 e. The molecule has 1 aliphatic carbocycles. The molecule has 1 aliphatic heterocycles. The van der Waals surface area contributed by atoms with Gasteiger partial charge < -0.3 is 15.4 Å². The van der Waals surface area contributed by atoms with Crippen molar-refractivity contribution in [2.24, 2.45) is 5.73 Å². The number of rotatable bonds is 0. The molecule has 4 heteroatoms. The molecule has 1 saturated heterocycles. The van der Waals surface area contributed by atoms with Gasteiger partial charge in [0, 0.05) is 12.1 Å². The zero-order valence-corrected chi connectivity index (χ0v) is 10.7. The van der Waals surface area contributed by atoms with Crippen LogP contribution in [0.4, 0.5) is 4.79 Å². The average molecular weight is 226 g/mol. The van der Waals surface area contributed by atoms with E-state index in [1.165, 1.54) is 0 Å². The minimum absolute atomic E-state index is 0.0197. The van der Waals surface area contributed by atoms with Crippen LogP contribution < -0.4 is 5.73 Å². The van der Waals surface area contributed by atoms with E-state index >= 15 is 0 Å². The second kappa shape index (κ2) is 3.13. The van der Waals surface area contributed by atoms with E-state index in [-0.39, 0.29) is 17.2 Å².